The fraction of sp³-hybridized carbons (Fsp3) is 0.950. The van der Waals surface area contributed by atoms with Crippen LogP contribution in [-0.4, -0.2) is 69.8 Å². The summed E-state index contributed by atoms with van der Waals surface area (Å²) in [6.45, 7) is -10.0. The van der Waals surface area contributed by atoms with E-state index in [1.165, 1.54) is 103 Å². The number of hydrogen-bond donors (Lipinski definition) is 0. The smallest absolute Gasteiger partial charge is 0.306 e. The molecule has 0 saturated carbocycles. The molecular weight excluding hydrogens is 653 g/mol. The lowest BCUT2D eigenvalue weighted by Crippen LogP contribution is -2.37. The first-order chi connectivity index (χ1) is 27.7. The van der Waals surface area contributed by atoms with Gasteiger partial charge in [0.15, 0.2) is 6.10 Å². The van der Waals surface area contributed by atoms with Crippen LogP contribution in [0.25, 0.3) is 0 Å². The van der Waals surface area contributed by atoms with Gasteiger partial charge in [-0.3, -0.25) is 14.2 Å². The lowest BCUT2D eigenvalue weighted by atomic mass is 10.0. The molecule has 0 aromatic heterocycles. The van der Waals surface area contributed by atoms with Crippen molar-refractivity contribution in [3.05, 3.63) is 0 Å². The van der Waals surface area contributed by atoms with E-state index in [4.69, 9.17) is 30.9 Å². The summed E-state index contributed by atoms with van der Waals surface area (Å²) >= 11 is 0. The molecule has 0 rings (SSSR count). The first-order valence-corrected chi connectivity index (χ1v) is 21.5. The van der Waals surface area contributed by atoms with E-state index >= 15 is 0 Å². The van der Waals surface area contributed by atoms with Crippen molar-refractivity contribution in [2.24, 2.45) is 0 Å². The highest BCUT2D eigenvalue weighted by Crippen LogP contribution is 2.38. The van der Waals surface area contributed by atoms with Gasteiger partial charge in [0, 0.05) is 12.8 Å². The number of rotatable bonds is 38. The average molecular weight is 752 g/mol. The Hall–Kier alpha value is -0.990. The lowest BCUT2D eigenvalue weighted by Gasteiger charge is -2.28. The van der Waals surface area contributed by atoms with Crippen LogP contribution in [0.4, 0.5) is 0 Å². The number of nitrogens with zero attached hydrogens (tertiary/aromatic N) is 1. The summed E-state index contributed by atoms with van der Waals surface area (Å²) in [5.74, 6) is -1.17. The maximum absolute atomic E-state index is 12.7. The second kappa shape index (κ2) is 33.8. The molecular formula is C40H80NO8P. The Morgan fingerprint density at radius 3 is 1.36 bits per heavy atom. The average Bonchev–Trinajstić information content (AvgIpc) is 3.13. The number of ether oxygens (including phenoxy) is 2. The third-order valence-corrected chi connectivity index (χ3v) is 9.76. The number of likely N-dealkylation sites (N-methyl/N-ethyl adjacent to an activating group) is 1. The largest absolute Gasteiger partial charge is 0.756 e. The van der Waals surface area contributed by atoms with Crippen LogP contribution >= 0.6 is 7.82 Å². The summed E-state index contributed by atoms with van der Waals surface area (Å²) in [5, 5.41) is 0. The molecule has 0 radical (unpaired) electrons. The molecule has 1 unspecified atom stereocenters. The minimum atomic E-state index is -5.32. The molecule has 0 aromatic rings. The van der Waals surface area contributed by atoms with Gasteiger partial charge >= 0.3 is 11.9 Å². The molecule has 9 nitrogen and oxygen atoms in total. The van der Waals surface area contributed by atoms with Crippen molar-refractivity contribution < 1.29 is 54.4 Å². The number of hydrogen-bond acceptors (Lipinski definition) is 8. The highest BCUT2D eigenvalue weighted by molar-refractivity contribution is 7.45. The van der Waals surface area contributed by atoms with E-state index in [2.05, 4.69) is 13.8 Å². The maximum atomic E-state index is 12.7. The van der Waals surface area contributed by atoms with Crippen LogP contribution in [0.2, 0.25) is 0 Å². The number of phosphoric ester groups is 1. The first kappa shape index (κ1) is 34.8. The van der Waals surface area contributed by atoms with Crippen LogP contribution in [0, 0.1) is 0 Å². The fourth-order valence-electron chi connectivity index (χ4n) is 5.69. The molecule has 0 heterocycles. The highest BCUT2D eigenvalue weighted by atomic mass is 31.2. The quantitative estimate of drug-likeness (QED) is 0.0265. The van der Waals surface area contributed by atoms with Gasteiger partial charge in [0.2, 0.25) is 0 Å². The molecule has 50 heavy (non-hydrogen) atoms. The fourth-order valence-corrected chi connectivity index (χ4v) is 6.42. The van der Waals surface area contributed by atoms with Gasteiger partial charge in [-0.05, 0) is 12.8 Å². The molecule has 0 aliphatic rings. The number of carbonyl (C=O) groups is 2. The van der Waals surface area contributed by atoms with Crippen molar-refractivity contribution in [2.45, 2.75) is 200 Å². The summed E-state index contributed by atoms with van der Waals surface area (Å²) < 4.78 is 99.7. The van der Waals surface area contributed by atoms with E-state index in [9.17, 15) is 19.0 Å². The minimum absolute atomic E-state index is 0.0616. The van der Waals surface area contributed by atoms with Gasteiger partial charge in [0.1, 0.15) is 19.8 Å². The number of unbranched alkanes of at least 4 members (excludes halogenated alkanes) is 24. The van der Waals surface area contributed by atoms with Crippen LogP contribution in [-0.2, 0) is 32.7 Å². The van der Waals surface area contributed by atoms with Crippen LogP contribution in [0.1, 0.15) is 206 Å². The van der Waals surface area contributed by atoms with Crippen LogP contribution < -0.4 is 4.89 Å². The van der Waals surface area contributed by atoms with Crippen LogP contribution in [0.3, 0.4) is 0 Å². The summed E-state index contributed by atoms with van der Waals surface area (Å²) in [7, 11) is -5.32. The first-order valence-electron chi connectivity index (χ1n) is 24.6. The third kappa shape index (κ3) is 36.8. The van der Waals surface area contributed by atoms with Gasteiger partial charge in [0.25, 0.3) is 7.82 Å². The zero-order valence-electron chi connectivity index (χ0n) is 40.9. The van der Waals surface area contributed by atoms with Crippen LogP contribution in [0.5, 0.6) is 0 Å². The molecule has 0 aromatic carbocycles. The zero-order chi connectivity index (χ0) is 44.7. The van der Waals surface area contributed by atoms with Crippen molar-refractivity contribution in [3.8, 4) is 0 Å². The Morgan fingerprint density at radius 2 is 0.960 bits per heavy atom. The van der Waals surface area contributed by atoms with E-state index < -0.39 is 77.6 Å². The molecule has 0 fully saturated rings. The maximum Gasteiger partial charge on any atom is 0.306 e. The molecule has 0 N–H and O–H groups in total. The van der Waals surface area contributed by atoms with E-state index in [-0.39, 0.29) is 12.8 Å². The third-order valence-electron chi connectivity index (χ3n) is 8.79. The lowest BCUT2D eigenvalue weighted by molar-refractivity contribution is -0.870. The van der Waals surface area contributed by atoms with Gasteiger partial charge < -0.3 is 27.9 Å². The normalized spacial score (nSPS) is 17.1. The predicted octanol–water partition coefficient (Wildman–Crippen LogP) is 10.6. The number of esters is 2. The second-order valence-corrected chi connectivity index (χ2v) is 15.3. The number of phosphoric acid groups is 1. The molecule has 2 atom stereocenters. The topological polar surface area (TPSA) is 111 Å². The van der Waals surface area contributed by atoms with Crippen LogP contribution in [0.15, 0.2) is 0 Å². The van der Waals surface area contributed by atoms with Crippen molar-refractivity contribution in [1.29, 1.82) is 0 Å². The van der Waals surface area contributed by atoms with Crippen molar-refractivity contribution in [2.75, 3.05) is 47.3 Å². The Morgan fingerprint density at radius 1 is 0.580 bits per heavy atom. The van der Waals surface area contributed by atoms with Gasteiger partial charge in [-0.15, -0.1) is 0 Å². The Balaban J connectivity index is 4.99. The monoisotopic (exact) mass is 752 g/mol. The molecule has 0 aliphatic heterocycles. The Kier molecular flexibility index (Phi) is 23.5. The Bertz CT molecular complexity index is 1090. The standard InChI is InChI=1S/C40H80NO8P/c1-6-8-10-12-14-16-18-20-22-24-26-28-30-32-39(42)46-36-38(37-48-50(44,45)47-35-34-41(3,4)5)49-40(43)33-31-29-27-25-23-21-19-17-15-13-11-9-7-2/h38H,6-37H2,1-5H3/t38-/m1/s1/i3T3,4T3,5T3. The van der Waals surface area contributed by atoms with E-state index in [0.717, 1.165) is 51.4 Å². The van der Waals surface area contributed by atoms with E-state index in [0.29, 0.717) is 12.8 Å². The summed E-state index contributed by atoms with van der Waals surface area (Å²) in [5.41, 5.74) is 0. The molecule has 0 amide bonds. The summed E-state index contributed by atoms with van der Waals surface area (Å²) in [6.07, 6.45) is 28.6. The molecule has 298 valence electrons. The molecule has 0 bridgehead atoms. The second-order valence-electron chi connectivity index (χ2n) is 13.9. The van der Waals surface area contributed by atoms with E-state index in [1.54, 1.807) is 0 Å². The summed E-state index contributed by atoms with van der Waals surface area (Å²) in [6, 6.07) is 0. The molecule has 0 saturated heterocycles. The van der Waals surface area contributed by atoms with Crippen molar-refractivity contribution in [1.82, 2.24) is 0 Å². The highest BCUT2D eigenvalue weighted by Gasteiger charge is 2.21. The summed E-state index contributed by atoms with van der Waals surface area (Å²) in [4.78, 5) is 37.9. The SMILES string of the molecule is [3H]C([3H])([3H])[N+](CCOP(=O)([O-])OC[C@@H](COC(=O)CCCCCCCCCCCCCCC)OC(=O)CCCCCCCCCCCCCCC)(C([3H])([3H])[3H])C([3H])([3H])[3H]. The molecule has 0 aliphatic carbocycles. The minimum Gasteiger partial charge on any atom is -0.756 e. The number of quaternary nitrogens is 1. The van der Waals surface area contributed by atoms with Crippen molar-refractivity contribution in [3.63, 3.8) is 0 Å². The number of carbonyl (C=O) groups excluding carboxylic acids is 2. The van der Waals surface area contributed by atoms with Gasteiger partial charge in [-0.1, -0.05) is 168 Å². The Labute approximate surface area is 321 Å². The van der Waals surface area contributed by atoms with Crippen molar-refractivity contribution >= 4 is 19.8 Å². The molecule has 10 heteroatoms. The molecule has 0 spiro atoms. The van der Waals surface area contributed by atoms with Gasteiger partial charge in [-0.2, -0.15) is 0 Å². The predicted molar refractivity (Wildman–Crippen MR) is 204 cm³/mol. The van der Waals surface area contributed by atoms with Gasteiger partial charge in [-0.25, -0.2) is 0 Å². The van der Waals surface area contributed by atoms with E-state index in [1.807, 2.05) is 0 Å². The zero-order valence-corrected chi connectivity index (χ0v) is 32.8. The van der Waals surface area contributed by atoms with Gasteiger partial charge in [0.05, 0.1) is 39.9 Å².